The second-order valence-corrected chi connectivity index (χ2v) is 5.61. The fraction of sp³-hybridized carbons (Fsp3) is 0.150. The predicted molar refractivity (Wildman–Crippen MR) is 94.3 cm³/mol. The van der Waals surface area contributed by atoms with E-state index in [1.165, 1.54) is 0 Å². The van der Waals surface area contributed by atoms with Crippen molar-refractivity contribution < 1.29 is 4.79 Å². The minimum absolute atomic E-state index is 0.0305. The highest BCUT2D eigenvalue weighted by atomic mass is 16.2. The van der Waals surface area contributed by atoms with Crippen LogP contribution in [0, 0.1) is 0 Å². The molecule has 1 aromatic heterocycles. The molecule has 1 amide bonds. The predicted octanol–water partition coefficient (Wildman–Crippen LogP) is 4.01. The van der Waals surface area contributed by atoms with Crippen molar-refractivity contribution in [2.45, 2.75) is 6.54 Å². The first kappa shape index (κ1) is 15.1. The fourth-order valence-corrected chi connectivity index (χ4v) is 2.81. The Labute approximate surface area is 136 Å². The summed E-state index contributed by atoms with van der Waals surface area (Å²) >= 11 is 0. The van der Waals surface area contributed by atoms with E-state index < -0.39 is 0 Å². The molecule has 0 saturated heterocycles. The van der Waals surface area contributed by atoms with Crippen molar-refractivity contribution in [3.8, 4) is 0 Å². The van der Waals surface area contributed by atoms with Crippen LogP contribution in [0.1, 0.15) is 16.1 Å². The van der Waals surface area contributed by atoms with Gasteiger partial charge in [-0.2, -0.15) is 0 Å². The average Bonchev–Trinajstić information content (AvgIpc) is 2.98. The molecule has 0 bridgehead atoms. The molecule has 0 fully saturated rings. The lowest BCUT2D eigenvalue weighted by atomic mass is 10.0. The lowest BCUT2D eigenvalue weighted by Crippen LogP contribution is -2.31. The third kappa shape index (κ3) is 3.04. The van der Waals surface area contributed by atoms with Gasteiger partial charge in [-0.3, -0.25) is 4.79 Å². The first-order chi connectivity index (χ1) is 11.2. The Morgan fingerprint density at radius 1 is 1.13 bits per heavy atom. The van der Waals surface area contributed by atoms with E-state index in [4.69, 9.17) is 0 Å². The number of benzene rings is 2. The van der Waals surface area contributed by atoms with Gasteiger partial charge in [0.1, 0.15) is 0 Å². The van der Waals surface area contributed by atoms with Crippen LogP contribution in [0.4, 0.5) is 0 Å². The molecule has 116 valence electrons. The summed E-state index contributed by atoms with van der Waals surface area (Å²) in [5, 5.41) is 2.07. The number of aromatic nitrogens is 1. The minimum atomic E-state index is 0.0305. The van der Waals surface area contributed by atoms with Crippen molar-refractivity contribution in [1.82, 2.24) is 9.47 Å². The Morgan fingerprint density at radius 3 is 2.65 bits per heavy atom. The van der Waals surface area contributed by atoms with E-state index in [0.717, 1.165) is 22.0 Å². The molecular formula is C20H20N2O. The molecule has 2 aromatic carbocycles. The lowest BCUT2D eigenvalue weighted by Gasteiger charge is -2.22. The molecule has 0 radical (unpaired) electrons. The van der Waals surface area contributed by atoms with Crippen molar-refractivity contribution in [3.05, 3.63) is 84.7 Å². The number of fused-ring (bicyclic) bond motifs is 1. The van der Waals surface area contributed by atoms with Gasteiger partial charge in [-0.25, -0.2) is 0 Å². The standard InChI is InChI=1S/C20H20N2O/c1-3-13-22(15-17-10-7-14-21(17)2)20(23)19-12-6-9-16-8-4-5-11-18(16)19/h3-12,14H,1,13,15H2,2H3. The van der Waals surface area contributed by atoms with Crippen molar-refractivity contribution >= 4 is 16.7 Å². The summed E-state index contributed by atoms with van der Waals surface area (Å²) in [5.74, 6) is 0.0305. The Hall–Kier alpha value is -2.81. The molecule has 0 aliphatic carbocycles. The van der Waals surface area contributed by atoms with Gasteiger partial charge in [0.2, 0.25) is 0 Å². The summed E-state index contributed by atoms with van der Waals surface area (Å²) < 4.78 is 2.03. The summed E-state index contributed by atoms with van der Waals surface area (Å²) in [7, 11) is 1.99. The minimum Gasteiger partial charge on any atom is -0.353 e. The number of aryl methyl sites for hydroxylation is 1. The molecule has 3 heteroatoms. The zero-order chi connectivity index (χ0) is 16.2. The van der Waals surface area contributed by atoms with Gasteiger partial charge in [-0.1, -0.05) is 42.5 Å². The summed E-state index contributed by atoms with van der Waals surface area (Å²) in [5.41, 5.74) is 1.83. The van der Waals surface area contributed by atoms with Crippen LogP contribution in [-0.2, 0) is 13.6 Å². The molecule has 3 nitrogen and oxygen atoms in total. The molecule has 0 N–H and O–H groups in total. The molecule has 0 aliphatic heterocycles. The van der Waals surface area contributed by atoms with E-state index in [-0.39, 0.29) is 5.91 Å². The molecule has 3 aromatic rings. The average molecular weight is 304 g/mol. The maximum absolute atomic E-state index is 13.1. The maximum Gasteiger partial charge on any atom is 0.255 e. The van der Waals surface area contributed by atoms with Crippen LogP contribution in [0.2, 0.25) is 0 Å². The SMILES string of the molecule is C=CCN(Cc1cccn1C)C(=O)c1cccc2ccccc12. The largest absolute Gasteiger partial charge is 0.353 e. The number of hydrogen-bond donors (Lipinski definition) is 0. The van der Waals surface area contributed by atoms with Crippen LogP contribution < -0.4 is 0 Å². The molecule has 1 heterocycles. The van der Waals surface area contributed by atoms with Crippen LogP contribution in [0.15, 0.2) is 73.4 Å². The molecule has 3 rings (SSSR count). The highest BCUT2D eigenvalue weighted by molar-refractivity contribution is 6.07. The van der Waals surface area contributed by atoms with Crippen molar-refractivity contribution in [2.75, 3.05) is 6.54 Å². The number of rotatable bonds is 5. The third-order valence-corrected chi connectivity index (χ3v) is 4.06. The second kappa shape index (κ2) is 6.53. The molecule has 0 aliphatic rings. The topological polar surface area (TPSA) is 25.2 Å². The number of amides is 1. The van der Waals surface area contributed by atoms with Crippen molar-refractivity contribution in [2.24, 2.45) is 7.05 Å². The zero-order valence-electron chi connectivity index (χ0n) is 13.3. The van der Waals surface area contributed by atoms with Crippen LogP contribution in [0.25, 0.3) is 10.8 Å². The highest BCUT2D eigenvalue weighted by Crippen LogP contribution is 2.21. The van der Waals surface area contributed by atoms with Gasteiger partial charge in [0.25, 0.3) is 5.91 Å². The van der Waals surface area contributed by atoms with Gasteiger partial charge >= 0.3 is 0 Å². The van der Waals surface area contributed by atoms with E-state index in [1.54, 1.807) is 6.08 Å². The van der Waals surface area contributed by atoms with E-state index in [2.05, 4.69) is 6.58 Å². The van der Waals surface area contributed by atoms with Gasteiger partial charge in [-0.05, 0) is 29.0 Å². The fourth-order valence-electron chi connectivity index (χ4n) is 2.81. The molecule has 0 unspecified atom stereocenters. The van der Waals surface area contributed by atoms with E-state index in [0.29, 0.717) is 13.1 Å². The van der Waals surface area contributed by atoms with Gasteiger partial charge in [0.15, 0.2) is 0 Å². The molecule has 23 heavy (non-hydrogen) atoms. The molecule has 0 atom stereocenters. The Bertz CT molecular complexity index is 842. The van der Waals surface area contributed by atoms with Gasteiger partial charge in [0, 0.05) is 31.0 Å². The van der Waals surface area contributed by atoms with Crippen molar-refractivity contribution in [1.29, 1.82) is 0 Å². The number of nitrogens with zero attached hydrogens (tertiary/aromatic N) is 2. The van der Waals surface area contributed by atoms with Crippen LogP contribution in [-0.4, -0.2) is 21.9 Å². The quantitative estimate of drug-likeness (QED) is 0.654. The molecular weight excluding hydrogens is 284 g/mol. The Balaban J connectivity index is 1.97. The van der Waals surface area contributed by atoms with Crippen LogP contribution in [0.5, 0.6) is 0 Å². The normalized spacial score (nSPS) is 10.7. The summed E-state index contributed by atoms with van der Waals surface area (Å²) in [6.07, 6.45) is 3.76. The lowest BCUT2D eigenvalue weighted by molar-refractivity contribution is 0.0761. The first-order valence-electron chi connectivity index (χ1n) is 7.69. The van der Waals surface area contributed by atoms with Gasteiger partial charge in [-0.15, -0.1) is 6.58 Å². The molecule has 0 spiro atoms. The third-order valence-electron chi connectivity index (χ3n) is 4.06. The second-order valence-electron chi connectivity index (χ2n) is 5.61. The van der Waals surface area contributed by atoms with E-state index in [9.17, 15) is 4.79 Å². The van der Waals surface area contributed by atoms with E-state index >= 15 is 0 Å². The first-order valence-corrected chi connectivity index (χ1v) is 7.69. The van der Waals surface area contributed by atoms with Gasteiger partial charge < -0.3 is 9.47 Å². The Morgan fingerprint density at radius 2 is 1.91 bits per heavy atom. The van der Waals surface area contributed by atoms with Gasteiger partial charge in [0.05, 0.1) is 6.54 Å². The van der Waals surface area contributed by atoms with Crippen molar-refractivity contribution in [3.63, 3.8) is 0 Å². The summed E-state index contributed by atoms with van der Waals surface area (Å²) in [6.45, 7) is 4.88. The molecule has 0 saturated carbocycles. The number of carbonyl (C=O) groups is 1. The zero-order valence-corrected chi connectivity index (χ0v) is 13.3. The van der Waals surface area contributed by atoms with Crippen LogP contribution in [0.3, 0.4) is 0 Å². The maximum atomic E-state index is 13.1. The van der Waals surface area contributed by atoms with Crippen LogP contribution >= 0.6 is 0 Å². The number of carbonyl (C=O) groups excluding carboxylic acids is 1. The Kier molecular flexibility index (Phi) is 4.29. The van der Waals surface area contributed by atoms with E-state index in [1.807, 2.05) is 77.3 Å². The highest BCUT2D eigenvalue weighted by Gasteiger charge is 2.18. The smallest absolute Gasteiger partial charge is 0.255 e. The summed E-state index contributed by atoms with van der Waals surface area (Å²) in [4.78, 5) is 14.9. The summed E-state index contributed by atoms with van der Waals surface area (Å²) in [6, 6.07) is 17.9. The monoisotopic (exact) mass is 304 g/mol. The number of hydrogen-bond acceptors (Lipinski definition) is 1.